The minimum absolute atomic E-state index is 0.0939. The molecule has 0 spiro atoms. The lowest BCUT2D eigenvalue weighted by molar-refractivity contribution is 0.0942. The Morgan fingerprint density at radius 3 is 2.52 bits per heavy atom. The minimum Gasteiger partial charge on any atom is -0.341 e. The van der Waals surface area contributed by atoms with Gasteiger partial charge in [0.15, 0.2) is 0 Å². The van der Waals surface area contributed by atoms with E-state index in [2.05, 4.69) is 5.32 Å². The summed E-state index contributed by atoms with van der Waals surface area (Å²) >= 11 is 7.46. The molecule has 1 N–H and O–H groups in total. The van der Waals surface area contributed by atoms with E-state index >= 15 is 0 Å². The van der Waals surface area contributed by atoms with Crippen LogP contribution in [-0.4, -0.2) is 5.91 Å². The lowest BCUT2D eigenvalue weighted by atomic mass is 10.0. The van der Waals surface area contributed by atoms with E-state index in [1.54, 1.807) is 18.2 Å². The van der Waals surface area contributed by atoms with E-state index in [0.29, 0.717) is 5.02 Å². The van der Waals surface area contributed by atoms with E-state index in [1.807, 2.05) is 29.0 Å². The first kappa shape index (κ1) is 17.2. The highest BCUT2D eigenvalue weighted by atomic mass is 35.5. The fraction of sp³-hybridized carbons (Fsp3) is 0.0526. The molecule has 1 unspecified atom stereocenters. The van der Waals surface area contributed by atoms with Gasteiger partial charge in [0.2, 0.25) is 0 Å². The normalized spacial score (nSPS) is 11.6. The van der Waals surface area contributed by atoms with Crippen molar-refractivity contribution in [1.29, 1.82) is 5.26 Å². The van der Waals surface area contributed by atoms with Crippen molar-refractivity contribution in [2.24, 2.45) is 0 Å². The zero-order valence-corrected chi connectivity index (χ0v) is 14.4. The van der Waals surface area contributed by atoms with Gasteiger partial charge in [0.1, 0.15) is 11.9 Å². The van der Waals surface area contributed by atoms with Gasteiger partial charge in [-0.25, -0.2) is 4.39 Å². The van der Waals surface area contributed by atoms with Crippen molar-refractivity contribution >= 4 is 28.8 Å². The molecule has 0 saturated carbocycles. The first-order valence-corrected chi connectivity index (χ1v) is 8.68. The Balaban J connectivity index is 1.90. The van der Waals surface area contributed by atoms with Crippen LogP contribution in [0.4, 0.5) is 4.39 Å². The predicted molar refractivity (Wildman–Crippen MR) is 96.2 cm³/mol. The fourth-order valence-electron chi connectivity index (χ4n) is 2.42. The summed E-state index contributed by atoms with van der Waals surface area (Å²) < 4.78 is 13.8. The molecule has 0 aliphatic carbocycles. The Labute approximate surface area is 153 Å². The highest BCUT2D eigenvalue weighted by Gasteiger charge is 2.19. The fourth-order valence-corrected chi connectivity index (χ4v) is 3.23. The van der Waals surface area contributed by atoms with Crippen LogP contribution in [0.5, 0.6) is 0 Å². The smallest absolute Gasteiger partial charge is 0.252 e. The summed E-state index contributed by atoms with van der Waals surface area (Å²) in [5.41, 5.74) is 1.86. The second-order valence-electron chi connectivity index (χ2n) is 5.32. The average molecular weight is 371 g/mol. The molecule has 1 atom stereocenters. The summed E-state index contributed by atoms with van der Waals surface area (Å²) in [6.07, 6.45) is 0. The molecule has 3 aromatic rings. The molecular weight excluding hydrogens is 359 g/mol. The van der Waals surface area contributed by atoms with Crippen LogP contribution in [0.2, 0.25) is 5.02 Å². The van der Waals surface area contributed by atoms with Gasteiger partial charge < -0.3 is 5.32 Å². The third-order valence-corrected chi connectivity index (χ3v) is 4.66. The first-order chi connectivity index (χ1) is 12.1. The molecule has 124 valence electrons. The van der Waals surface area contributed by atoms with E-state index in [4.69, 9.17) is 16.9 Å². The Morgan fingerprint density at radius 1 is 1.16 bits per heavy atom. The Bertz CT molecular complexity index is 933. The molecule has 0 aliphatic heterocycles. The minimum atomic E-state index is -0.714. The number of thiophene rings is 1. The van der Waals surface area contributed by atoms with E-state index in [-0.39, 0.29) is 17.2 Å². The monoisotopic (exact) mass is 370 g/mol. The summed E-state index contributed by atoms with van der Waals surface area (Å²) in [5.74, 6) is -1.14. The van der Waals surface area contributed by atoms with Gasteiger partial charge in [0.05, 0.1) is 11.6 Å². The third kappa shape index (κ3) is 3.87. The molecule has 25 heavy (non-hydrogen) atoms. The molecule has 3 rings (SSSR count). The predicted octanol–water partition coefficient (Wildman–Crippen LogP) is 4.93. The highest BCUT2D eigenvalue weighted by molar-refractivity contribution is 7.08. The van der Waals surface area contributed by atoms with Gasteiger partial charge in [0.25, 0.3) is 5.91 Å². The quantitative estimate of drug-likeness (QED) is 0.707. The maximum absolute atomic E-state index is 13.8. The molecule has 0 fully saturated rings. The molecule has 1 aromatic heterocycles. The number of nitriles is 1. The first-order valence-electron chi connectivity index (χ1n) is 7.36. The largest absolute Gasteiger partial charge is 0.341 e. The molecular formula is C19H12ClFN2OS. The number of hydrogen-bond acceptors (Lipinski definition) is 3. The van der Waals surface area contributed by atoms with Crippen LogP contribution in [0.1, 0.15) is 33.1 Å². The van der Waals surface area contributed by atoms with E-state index in [0.717, 1.165) is 17.2 Å². The summed E-state index contributed by atoms with van der Waals surface area (Å²) in [6, 6.07) is 14.3. The average Bonchev–Trinajstić information content (AvgIpc) is 3.14. The Morgan fingerprint density at radius 2 is 1.92 bits per heavy atom. The molecule has 1 amide bonds. The number of carbonyl (C=O) groups excluding carboxylic acids is 1. The summed E-state index contributed by atoms with van der Waals surface area (Å²) in [5, 5.41) is 16.2. The van der Waals surface area contributed by atoms with Gasteiger partial charge in [0, 0.05) is 10.6 Å². The summed E-state index contributed by atoms with van der Waals surface area (Å²) in [7, 11) is 0. The topological polar surface area (TPSA) is 52.9 Å². The van der Waals surface area contributed by atoms with Gasteiger partial charge in [-0.15, -0.1) is 0 Å². The van der Waals surface area contributed by atoms with Crippen molar-refractivity contribution in [2.45, 2.75) is 6.04 Å². The zero-order valence-electron chi connectivity index (χ0n) is 12.9. The zero-order chi connectivity index (χ0) is 17.8. The van der Waals surface area contributed by atoms with Crippen molar-refractivity contribution in [2.75, 3.05) is 0 Å². The van der Waals surface area contributed by atoms with Crippen molar-refractivity contribution in [3.05, 3.63) is 92.4 Å². The third-order valence-electron chi connectivity index (χ3n) is 3.71. The van der Waals surface area contributed by atoms with Gasteiger partial charge in [-0.1, -0.05) is 23.7 Å². The number of nitrogens with zero attached hydrogens (tertiary/aromatic N) is 1. The van der Waals surface area contributed by atoms with Gasteiger partial charge in [-0.3, -0.25) is 4.79 Å². The van der Waals surface area contributed by atoms with E-state index in [9.17, 15) is 9.18 Å². The molecule has 0 bridgehead atoms. The van der Waals surface area contributed by atoms with Crippen LogP contribution in [0, 0.1) is 17.1 Å². The Hall–Kier alpha value is -2.68. The highest BCUT2D eigenvalue weighted by Crippen LogP contribution is 2.26. The van der Waals surface area contributed by atoms with Crippen molar-refractivity contribution in [1.82, 2.24) is 5.32 Å². The molecule has 0 aliphatic rings. The van der Waals surface area contributed by atoms with Crippen molar-refractivity contribution in [3.8, 4) is 6.07 Å². The molecule has 0 saturated heterocycles. The number of nitrogens with one attached hydrogen (secondary N) is 1. The standard InChI is InChI=1S/C19H12ClFN2OS/c20-16-5-3-12(4-6-16)18(15-7-8-25-11-15)23-19(24)13-1-2-14(10-22)17(21)9-13/h1-9,11,18H,(H,23,24). The van der Waals surface area contributed by atoms with Crippen LogP contribution in [0.3, 0.4) is 0 Å². The van der Waals surface area contributed by atoms with Crippen molar-refractivity contribution in [3.63, 3.8) is 0 Å². The number of rotatable bonds is 4. The molecule has 6 heteroatoms. The number of carbonyl (C=O) groups is 1. The van der Waals surface area contributed by atoms with Crippen LogP contribution >= 0.6 is 22.9 Å². The van der Waals surface area contributed by atoms with Crippen LogP contribution in [0.25, 0.3) is 0 Å². The van der Waals surface area contributed by atoms with E-state index < -0.39 is 11.7 Å². The van der Waals surface area contributed by atoms with Crippen molar-refractivity contribution < 1.29 is 9.18 Å². The van der Waals surface area contributed by atoms with Crippen LogP contribution in [0.15, 0.2) is 59.3 Å². The lowest BCUT2D eigenvalue weighted by Crippen LogP contribution is -2.29. The van der Waals surface area contributed by atoms with E-state index in [1.165, 1.54) is 23.5 Å². The Kier molecular flexibility index (Phi) is 5.13. The van der Waals surface area contributed by atoms with Gasteiger partial charge in [-0.05, 0) is 58.3 Å². The number of hydrogen-bond donors (Lipinski definition) is 1. The number of amides is 1. The maximum atomic E-state index is 13.8. The van der Waals surface area contributed by atoms with Gasteiger partial charge in [-0.2, -0.15) is 16.6 Å². The second-order valence-corrected chi connectivity index (χ2v) is 6.54. The summed E-state index contributed by atoms with van der Waals surface area (Å²) in [6.45, 7) is 0. The number of halogens is 2. The molecule has 3 nitrogen and oxygen atoms in total. The van der Waals surface area contributed by atoms with Crippen LogP contribution in [-0.2, 0) is 0 Å². The second kappa shape index (κ2) is 7.47. The SMILES string of the molecule is N#Cc1ccc(C(=O)NC(c2ccc(Cl)cc2)c2ccsc2)cc1F. The van der Waals surface area contributed by atoms with Gasteiger partial charge >= 0.3 is 0 Å². The van der Waals surface area contributed by atoms with Crippen LogP contribution < -0.4 is 5.32 Å². The summed E-state index contributed by atoms with van der Waals surface area (Å²) in [4.78, 5) is 12.6. The lowest BCUT2D eigenvalue weighted by Gasteiger charge is -2.19. The molecule has 1 heterocycles. The molecule has 0 radical (unpaired) electrons. The maximum Gasteiger partial charge on any atom is 0.252 e. The molecule has 2 aromatic carbocycles. The number of benzene rings is 2.